The summed E-state index contributed by atoms with van der Waals surface area (Å²) >= 11 is 12.3. The summed E-state index contributed by atoms with van der Waals surface area (Å²) in [5.41, 5.74) is 8.12. The van der Waals surface area contributed by atoms with Crippen molar-refractivity contribution in [2.45, 2.75) is 32.2 Å². The SMILES string of the molecule is CCC1(Oc2ccc(CN)cc2)Oc2ccccc2N(Cc2cc(Cl)cc(Cl)c2)C1=O. The Kier molecular flexibility index (Phi) is 6.10. The summed E-state index contributed by atoms with van der Waals surface area (Å²) in [6.07, 6.45) is 0.311. The number of carbonyl (C=O) groups is 1. The fourth-order valence-corrected chi connectivity index (χ4v) is 4.16. The van der Waals surface area contributed by atoms with Crippen molar-refractivity contribution < 1.29 is 14.3 Å². The van der Waals surface area contributed by atoms with Crippen LogP contribution in [0.3, 0.4) is 0 Å². The first-order valence-corrected chi connectivity index (χ1v) is 10.7. The van der Waals surface area contributed by atoms with Crippen LogP contribution in [0.4, 0.5) is 5.69 Å². The lowest BCUT2D eigenvalue weighted by molar-refractivity contribution is -0.167. The molecule has 1 unspecified atom stereocenters. The minimum absolute atomic E-state index is 0.275. The first kappa shape index (κ1) is 21.5. The molecule has 5 nitrogen and oxygen atoms in total. The maximum atomic E-state index is 13.7. The molecular weight excluding hydrogens is 435 g/mol. The largest absolute Gasteiger partial charge is 0.444 e. The van der Waals surface area contributed by atoms with Gasteiger partial charge in [-0.1, -0.05) is 54.4 Å². The molecule has 0 saturated heterocycles. The molecule has 0 aliphatic carbocycles. The van der Waals surface area contributed by atoms with Crippen LogP contribution in [0.5, 0.6) is 11.5 Å². The predicted molar refractivity (Wildman–Crippen MR) is 123 cm³/mol. The van der Waals surface area contributed by atoms with E-state index in [9.17, 15) is 4.79 Å². The topological polar surface area (TPSA) is 64.8 Å². The molecule has 160 valence electrons. The van der Waals surface area contributed by atoms with E-state index in [2.05, 4.69) is 0 Å². The summed E-state index contributed by atoms with van der Waals surface area (Å²) in [6, 6.07) is 19.9. The number of halogens is 2. The second-order valence-electron chi connectivity index (χ2n) is 7.30. The highest BCUT2D eigenvalue weighted by atomic mass is 35.5. The number of para-hydroxylation sites is 2. The highest BCUT2D eigenvalue weighted by molar-refractivity contribution is 6.34. The van der Waals surface area contributed by atoms with Crippen LogP contribution >= 0.6 is 23.2 Å². The molecule has 2 N–H and O–H groups in total. The van der Waals surface area contributed by atoms with Gasteiger partial charge in [0.05, 0.1) is 12.2 Å². The third-order valence-electron chi connectivity index (χ3n) is 5.17. The Morgan fingerprint density at radius 1 is 1.00 bits per heavy atom. The molecule has 1 heterocycles. The van der Waals surface area contributed by atoms with Crippen molar-refractivity contribution in [2.75, 3.05) is 4.90 Å². The van der Waals surface area contributed by atoms with E-state index >= 15 is 0 Å². The number of benzene rings is 3. The maximum Gasteiger partial charge on any atom is 0.332 e. The quantitative estimate of drug-likeness (QED) is 0.526. The molecule has 1 atom stereocenters. The van der Waals surface area contributed by atoms with Gasteiger partial charge in [0, 0.05) is 23.0 Å². The average molecular weight is 457 g/mol. The number of ether oxygens (including phenoxy) is 2. The number of rotatable bonds is 6. The van der Waals surface area contributed by atoms with Gasteiger partial charge in [-0.25, -0.2) is 0 Å². The molecule has 31 heavy (non-hydrogen) atoms. The third kappa shape index (κ3) is 4.35. The number of hydrogen-bond acceptors (Lipinski definition) is 4. The number of nitrogens with zero attached hydrogens (tertiary/aromatic N) is 1. The van der Waals surface area contributed by atoms with E-state index in [0.717, 1.165) is 11.1 Å². The monoisotopic (exact) mass is 456 g/mol. The van der Waals surface area contributed by atoms with Gasteiger partial charge >= 0.3 is 11.7 Å². The van der Waals surface area contributed by atoms with Gasteiger partial charge in [0.25, 0.3) is 0 Å². The van der Waals surface area contributed by atoms with Crippen molar-refractivity contribution in [1.82, 2.24) is 0 Å². The van der Waals surface area contributed by atoms with E-state index in [1.807, 2.05) is 43.3 Å². The fraction of sp³-hybridized carbons (Fsp3) is 0.208. The summed E-state index contributed by atoms with van der Waals surface area (Å²) in [7, 11) is 0. The van der Waals surface area contributed by atoms with E-state index < -0.39 is 5.79 Å². The number of hydrogen-bond donors (Lipinski definition) is 1. The van der Waals surface area contributed by atoms with Crippen LogP contribution in [-0.4, -0.2) is 11.7 Å². The standard InChI is InChI=1S/C24H22Cl2N2O3/c1-2-24(30-20-9-7-16(14-27)8-10-20)23(29)28(21-5-3-4-6-22(21)31-24)15-17-11-18(25)13-19(26)12-17/h3-13H,2,14-15,27H2,1H3. The molecular formula is C24H22Cl2N2O3. The predicted octanol–water partition coefficient (Wildman–Crippen LogP) is 5.56. The van der Waals surface area contributed by atoms with E-state index in [-0.39, 0.29) is 12.5 Å². The highest BCUT2D eigenvalue weighted by Gasteiger charge is 2.49. The second kappa shape index (κ2) is 8.79. The van der Waals surface area contributed by atoms with Crippen LogP contribution in [0.1, 0.15) is 24.5 Å². The molecule has 3 aromatic carbocycles. The minimum atomic E-state index is -1.50. The lowest BCUT2D eigenvalue weighted by Gasteiger charge is -2.41. The number of amides is 1. The summed E-state index contributed by atoms with van der Waals surface area (Å²) in [6.45, 7) is 2.56. The average Bonchev–Trinajstić information content (AvgIpc) is 2.76. The normalized spacial score (nSPS) is 17.8. The molecule has 1 aliphatic rings. The van der Waals surface area contributed by atoms with Crippen molar-refractivity contribution in [1.29, 1.82) is 0 Å². The number of nitrogens with two attached hydrogens (primary N) is 1. The zero-order valence-electron chi connectivity index (χ0n) is 17.0. The van der Waals surface area contributed by atoms with Gasteiger partial charge < -0.3 is 15.2 Å². The van der Waals surface area contributed by atoms with Gasteiger partial charge in [0.15, 0.2) is 0 Å². The van der Waals surface area contributed by atoms with Crippen LogP contribution in [-0.2, 0) is 17.9 Å². The van der Waals surface area contributed by atoms with Crippen molar-refractivity contribution in [3.05, 3.63) is 87.9 Å². The van der Waals surface area contributed by atoms with Crippen molar-refractivity contribution in [3.63, 3.8) is 0 Å². The highest BCUT2D eigenvalue weighted by Crippen LogP contribution is 2.41. The first-order chi connectivity index (χ1) is 14.9. The molecule has 0 spiro atoms. The minimum Gasteiger partial charge on any atom is -0.444 e. The van der Waals surface area contributed by atoms with Crippen molar-refractivity contribution >= 4 is 34.8 Å². The molecule has 0 fully saturated rings. The molecule has 0 bridgehead atoms. The number of carbonyl (C=O) groups excluding carboxylic acids is 1. The zero-order chi connectivity index (χ0) is 22.0. The van der Waals surface area contributed by atoms with Crippen LogP contribution < -0.4 is 20.1 Å². The smallest absolute Gasteiger partial charge is 0.332 e. The van der Waals surface area contributed by atoms with Crippen LogP contribution in [0, 0.1) is 0 Å². The Labute approximate surface area is 191 Å². The van der Waals surface area contributed by atoms with Crippen LogP contribution in [0.25, 0.3) is 0 Å². The summed E-state index contributed by atoms with van der Waals surface area (Å²) in [5, 5.41) is 1.02. The first-order valence-electron chi connectivity index (χ1n) is 9.97. The van der Waals surface area contributed by atoms with Crippen LogP contribution in [0.2, 0.25) is 10.0 Å². The summed E-state index contributed by atoms with van der Waals surface area (Å²) < 4.78 is 12.3. The van der Waals surface area contributed by atoms with Gasteiger partial charge in [-0.2, -0.15) is 0 Å². The Bertz CT molecular complexity index is 1080. The molecule has 1 amide bonds. The van der Waals surface area contributed by atoms with E-state index in [1.165, 1.54) is 0 Å². The zero-order valence-corrected chi connectivity index (χ0v) is 18.5. The number of fused-ring (bicyclic) bond motifs is 1. The Hall–Kier alpha value is -2.73. The van der Waals surface area contributed by atoms with Gasteiger partial charge in [-0.15, -0.1) is 0 Å². The molecule has 7 heteroatoms. The molecule has 0 saturated carbocycles. The van der Waals surface area contributed by atoms with E-state index in [0.29, 0.717) is 40.2 Å². The van der Waals surface area contributed by atoms with E-state index in [4.69, 9.17) is 38.4 Å². The molecule has 3 aromatic rings. The molecule has 4 rings (SSSR count). The molecule has 0 aromatic heterocycles. The Balaban J connectivity index is 1.73. The lowest BCUT2D eigenvalue weighted by atomic mass is 10.1. The maximum absolute atomic E-state index is 13.7. The van der Waals surface area contributed by atoms with Gasteiger partial charge in [-0.05, 0) is 53.6 Å². The van der Waals surface area contributed by atoms with Gasteiger partial charge in [0.2, 0.25) is 0 Å². The fourth-order valence-electron chi connectivity index (χ4n) is 3.59. The van der Waals surface area contributed by atoms with Gasteiger partial charge in [0.1, 0.15) is 11.5 Å². The Morgan fingerprint density at radius 3 is 2.32 bits per heavy atom. The summed E-state index contributed by atoms with van der Waals surface area (Å²) in [4.78, 5) is 15.4. The third-order valence-corrected chi connectivity index (χ3v) is 5.61. The van der Waals surface area contributed by atoms with E-state index in [1.54, 1.807) is 35.2 Å². The summed E-state index contributed by atoms with van der Waals surface area (Å²) in [5.74, 6) is -0.707. The molecule has 0 radical (unpaired) electrons. The second-order valence-corrected chi connectivity index (χ2v) is 8.17. The molecule has 1 aliphatic heterocycles. The van der Waals surface area contributed by atoms with Crippen LogP contribution in [0.15, 0.2) is 66.7 Å². The Morgan fingerprint density at radius 2 is 1.68 bits per heavy atom. The van der Waals surface area contributed by atoms with Gasteiger partial charge in [-0.3, -0.25) is 9.69 Å². The van der Waals surface area contributed by atoms with Crippen molar-refractivity contribution in [3.8, 4) is 11.5 Å². The lowest BCUT2D eigenvalue weighted by Crippen LogP contribution is -2.59. The number of anilines is 1. The van der Waals surface area contributed by atoms with Crippen molar-refractivity contribution in [2.24, 2.45) is 5.73 Å².